The van der Waals surface area contributed by atoms with Gasteiger partial charge in [-0.3, -0.25) is 0 Å². The van der Waals surface area contributed by atoms with E-state index >= 15 is 0 Å². The zero-order valence-corrected chi connectivity index (χ0v) is 6.79. The van der Waals surface area contributed by atoms with Crippen molar-refractivity contribution in [2.45, 2.75) is 6.10 Å². The third kappa shape index (κ3) is 1.47. The van der Waals surface area contributed by atoms with Crippen LogP contribution < -0.4 is 5.32 Å². The van der Waals surface area contributed by atoms with Crippen LogP contribution in [0, 0.1) is 5.82 Å². The van der Waals surface area contributed by atoms with E-state index in [-0.39, 0.29) is 5.82 Å². The van der Waals surface area contributed by atoms with E-state index in [1.165, 1.54) is 6.07 Å². The lowest BCUT2D eigenvalue weighted by Gasteiger charge is -2.07. The van der Waals surface area contributed by atoms with E-state index in [1.807, 2.05) is 0 Å². The number of nitrogens with one attached hydrogen (secondary N) is 1. The summed E-state index contributed by atoms with van der Waals surface area (Å²) in [6.45, 7) is 0.333. The topological polar surface area (TPSA) is 38.3 Å². The molecule has 0 aromatic heterocycles. The Morgan fingerprint density at radius 3 is 2.85 bits per heavy atom. The van der Waals surface area contributed by atoms with Gasteiger partial charge in [-0.05, 0) is 6.07 Å². The van der Waals surface area contributed by atoms with Crippen LogP contribution in [0.25, 0.3) is 0 Å². The molecule has 1 aliphatic rings. The van der Waals surface area contributed by atoms with Gasteiger partial charge in [-0.25, -0.2) is 9.18 Å². The van der Waals surface area contributed by atoms with Crippen LogP contribution in [0.15, 0.2) is 24.3 Å². The van der Waals surface area contributed by atoms with Crippen molar-refractivity contribution < 1.29 is 13.9 Å². The van der Waals surface area contributed by atoms with Gasteiger partial charge in [0.05, 0.1) is 6.54 Å². The summed E-state index contributed by atoms with van der Waals surface area (Å²) >= 11 is 0. The standard InChI is InChI=1S/C9H8FNO2/c10-7-4-2-1-3-6(7)8-5-11-9(12)13-8/h1-4,8H,5H2,(H,11,12)/t8-/m1/s1. The number of halogens is 1. The molecule has 13 heavy (non-hydrogen) atoms. The van der Waals surface area contributed by atoms with Crippen molar-refractivity contribution in [1.29, 1.82) is 0 Å². The number of hydrogen-bond donors (Lipinski definition) is 1. The molecule has 0 spiro atoms. The van der Waals surface area contributed by atoms with E-state index in [0.717, 1.165) is 0 Å². The molecular formula is C9H8FNO2. The summed E-state index contributed by atoms with van der Waals surface area (Å²) in [5, 5.41) is 2.47. The molecule has 1 N–H and O–H groups in total. The first-order valence-corrected chi connectivity index (χ1v) is 3.96. The number of hydrogen-bond acceptors (Lipinski definition) is 2. The van der Waals surface area contributed by atoms with Crippen molar-refractivity contribution in [3.05, 3.63) is 35.6 Å². The minimum Gasteiger partial charge on any atom is -0.439 e. The molecule has 1 heterocycles. The van der Waals surface area contributed by atoms with Crippen molar-refractivity contribution in [3.63, 3.8) is 0 Å². The molecule has 3 nitrogen and oxygen atoms in total. The lowest BCUT2D eigenvalue weighted by atomic mass is 10.1. The Kier molecular flexibility index (Phi) is 1.88. The highest BCUT2D eigenvalue weighted by molar-refractivity contribution is 5.69. The zero-order valence-electron chi connectivity index (χ0n) is 6.79. The predicted octanol–water partition coefficient (Wildman–Crippen LogP) is 1.61. The summed E-state index contributed by atoms with van der Waals surface area (Å²) in [5.41, 5.74) is 0.417. The number of benzene rings is 1. The molecule has 1 amide bonds. The smallest absolute Gasteiger partial charge is 0.407 e. The van der Waals surface area contributed by atoms with Crippen LogP contribution in [0.1, 0.15) is 11.7 Å². The first-order chi connectivity index (χ1) is 6.27. The summed E-state index contributed by atoms with van der Waals surface area (Å²) < 4.78 is 18.0. The molecule has 0 aliphatic carbocycles. The largest absolute Gasteiger partial charge is 0.439 e. The second kappa shape index (κ2) is 3.05. The molecule has 0 unspecified atom stereocenters. The van der Waals surface area contributed by atoms with Crippen molar-refractivity contribution >= 4 is 6.09 Å². The van der Waals surface area contributed by atoms with Crippen molar-refractivity contribution in [2.75, 3.05) is 6.54 Å². The molecule has 0 radical (unpaired) electrons. The third-order valence-corrected chi connectivity index (χ3v) is 1.93. The Bertz CT molecular complexity index is 340. The summed E-state index contributed by atoms with van der Waals surface area (Å²) in [6, 6.07) is 6.27. The number of alkyl carbamates (subject to hydrolysis) is 1. The molecule has 1 atom stereocenters. The first-order valence-electron chi connectivity index (χ1n) is 3.96. The van der Waals surface area contributed by atoms with E-state index in [4.69, 9.17) is 4.74 Å². The fourth-order valence-corrected chi connectivity index (χ4v) is 1.30. The van der Waals surface area contributed by atoms with Crippen molar-refractivity contribution in [1.82, 2.24) is 5.32 Å². The fourth-order valence-electron chi connectivity index (χ4n) is 1.30. The minimum absolute atomic E-state index is 0.333. The van der Waals surface area contributed by atoms with E-state index in [2.05, 4.69) is 5.32 Å². The number of amides is 1. The normalized spacial score (nSPS) is 21.0. The fraction of sp³-hybridized carbons (Fsp3) is 0.222. The molecule has 0 bridgehead atoms. The Morgan fingerprint density at radius 1 is 1.46 bits per heavy atom. The van der Waals surface area contributed by atoms with Gasteiger partial charge in [-0.1, -0.05) is 18.2 Å². The summed E-state index contributed by atoms with van der Waals surface area (Å²) in [7, 11) is 0. The van der Waals surface area contributed by atoms with Crippen molar-refractivity contribution in [3.8, 4) is 0 Å². The Labute approximate surface area is 74.5 Å². The number of carbonyl (C=O) groups is 1. The van der Waals surface area contributed by atoms with Gasteiger partial charge in [0.15, 0.2) is 0 Å². The van der Waals surface area contributed by atoms with Crippen LogP contribution in [0.3, 0.4) is 0 Å². The van der Waals surface area contributed by atoms with Crippen LogP contribution >= 0.6 is 0 Å². The molecular weight excluding hydrogens is 173 g/mol. The van der Waals surface area contributed by atoms with Crippen LogP contribution in [0.2, 0.25) is 0 Å². The van der Waals surface area contributed by atoms with E-state index in [1.54, 1.807) is 18.2 Å². The van der Waals surface area contributed by atoms with Gasteiger partial charge in [0.1, 0.15) is 11.9 Å². The van der Waals surface area contributed by atoms with Gasteiger partial charge < -0.3 is 10.1 Å². The maximum Gasteiger partial charge on any atom is 0.407 e. The second-order valence-corrected chi connectivity index (χ2v) is 2.80. The van der Waals surface area contributed by atoms with Gasteiger partial charge in [0.2, 0.25) is 0 Å². The van der Waals surface area contributed by atoms with E-state index < -0.39 is 12.2 Å². The van der Waals surface area contributed by atoms with Gasteiger partial charge in [-0.15, -0.1) is 0 Å². The lowest BCUT2D eigenvalue weighted by Crippen LogP contribution is -2.12. The monoisotopic (exact) mass is 181 g/mol. The number of cyclic esters (lactones) is 1. The molecule has 1 aromatic carbocycles. The quantitative estimate of drug-likeness (QED) is 0.714. The third-order valence-electron chi connectivity index (χ3n) is 1.93. The van der Waals surface area contributed by atoms with Crippen LogP contribution in [-0.2, 0) is 4.74 Å². The minimum atomic E-state index is -0.492. The highest BCUT2D eigenvalue weighted by atomic mass is 19.1. The molecule has 1 aromatic rings. The molecule has 1 saturated heterocycles. The van der Waals surface area contributed by atoms with Gasteiger partial charge in [0.25, 0.3) is 0 Å². The average Bonchev–Trinajstić information content (AvgIpc) is 2.53. The predicted molar refractivity (Wildman–Crippen MR) is 43.6 cm³/mol. The molecule has 1 aliphatic heterocycles. The number of rotatable bonds is 1. The Morgan fingerprint density at radius 2 is 2.23 bits per heavy atom. The number of ether oxygens (including phenoxy) is 1. The van der Waals surface area contributed by atoms with Crippen LogP contribution in [-0.4, -0.2) is 12.6 Å². The van der Waals surface area contributed by atoms with Crippen molar-refractivity contribution in [2.24, 2.45) is 0 Å². The highest BCUT2D eigenvalue weighted by Crippen LogP contribution is 2.22. The summed E-state index contributed by atoms with van der Waals surface area (Å²) in [4.78, 5) is 10.7. The lowest BCUT2D eigenvalue weighted by molar-refractivity contribution is 0.139. The van der Waals surface area contributed by atoms with Gasteiger partial charge in [0, 0.05) is 5.56 Å². The van der Waals surface area contributed by atoms with Crippen LogP contribution in [0.4, 0.5) is 9.18 Å². The maximum absolute atomic E-state index is 13.1. The SMILES string of the molecule is O=C1NC[C@H](c2ccccc2F)O1. The molecule has 1 fully saturated rings. The molecule has 0 saturated carbocycles. The Hall–Kier alpha value is -1.58. The first kappa shape index (κ1) is 8.04. The molecule has 2 rings (SSSR count). The summed E-state index contributed by atoms with van der Waals surface area (Å²) in [6.07, 6.45) is -0.984. The van der Waals surface area contributed by atoms with Crippen LogP contribution in [0.5, 0.6) is 0 Å². The zero-order chi connectivity index (χ0) is 9.26. The molecule has 4 heteroatoms. The van der Waals surface area contributed by atoms with E-state index in [0.29, 0.717) is 12.1 Å². The van der Waals surface area contributed by atoms with Gasteiger partial charge in [-0.2, -0.15) is 0 Å². The highest BCUT2D eigenvalue weighted by Gasteiger charge is 2.25. The van der Waals surface area contributed by atoms with Gasteiger partial charge >= 0.3 is 6.09 Å². The van der Waals surface area contributed by atoms with E-state index in [9.17, 15) is 9.18 Å². The second-order valence-electron chi connectivity index (χ2n) is 2.80. The summed E-state index contributed by atoms with van der Waals surface area (Å²) in [5.74, 6) is -0.344. The molecule has 68 valence electrons. The Balaban J connectivity index is 2.26. The number of carbonyl (C=O) groups excluding carboxylic acids is 1. The average molecular weight is 181 g/mol. The maximum atomic E-state index is 13.1.